The standard InChI is InChI=1S/C19H29NO2SSi/c1-7-17(22-24(5,6)19(2,3)4)20-16(14-21-18(20)23)13-15-11-9-8-10-12-15/h7-12,16H,13-14H2,1-6H3/b17-7-/t16-/m0/s1. The monoisotopic (exact) mass is 363 g/mol. The lowest BCUT2D eigenvalue weighted by Crippen LogP contribution is -2.45. The number of thiocarbonyl (C=S) groups is 1. The van der Waals surface area contributed by atoms with E-state index in [1.807, 2.05) is 19.1 Å². The molecule has 132 valence electrons. The van der Waals surface area contributed by atoms with Gasteiger partial charge in [-0.25, -0.2) is 0 Å². The first-order valence-electron chi connectivity index (χ1n) is 8.51. The molecule has 1 atom stereocenters. The Hall–Kier alpha value is -1.33. The molecule has 0 bridgehead atoms. The highest BCUT2D eigenvalue weighted by atomic mass is 32.1. The first-order valence-corrected chi connectivity index (χ1v) is 11.8. The lowest BCUT2D eigenvalue weighted by molar-refractivity contribution is 0.243. The molecule has 0 saturated carbocycles. The van der Waals surface area contributed by atoms with Crippen molar-refractivity contribution in [2.75, 3.05) is 6.61 Å². The van der Waals surface area contributed by atoms with Crippen LogP contribution in [0.4, 0.5) is 0 Å². The van der Waals surface area contributed by atoms with Gasteiger partial charge in [-0.2, -0.15) is 0 Å². The van der Waals surface area contributed by atoms with Gasteiger partial charge in [-0.3, -0.25) is 4.90 Å². The van der Waals surface area contributed by atoms with Gasteiger partial charge in [-0.15, -0.1) is 0 Å². The van der Waals surface area contributed by atoms with Crippen molar-refractivity contribution in [1.29, 1.82) is 0 Å². The van der Waals surface area contributed by atoms with Gasteiger partial charge in [0.25, 0.3) is 13.5 Å². The molecule has 1 aliphatic rings. The van der Waals surface area contributed by atoms with Crippen LogP contribution in [0.3, 0.4) is 0 Å². The van der Waals surface area contributed by atoms with Crippen molar-refractivity contribution in [2.45, 2.75) is 58.3 Å². The highest BCUT2D eigenvalue weighted by Crippen LogP contribution is 2.39. The van der Waals surface area contributed by atoms with E-state index >= 15 is 0 Å². The first kappa shape index (κ1) is 19.0. The molecular weight excluding hydrogens is 334 g/mol. The molecule has 0 spiro atoms. The SMILES string of the molecule is C/C=C(\O[Si](C)(C)C(C)(C)C)N1C(=S)OC[C@@H]1Cc1ccccc1. The van der Waals surface area contributed by atoms with Crippen LogP contribution in [0.25, 0.3) is 0 Å². The Kier molecular flexibility index (Phi) is 5.76. The fraction of sp³-hybridized carbons (Fsp3) is 0.526. The van der Waals surface area contributed by atoms with Gasteiger partial charge in [-0.05, 0) is 55.3 Å². The van der Waals surface area contributed by atoms with Crippen LogP contribution in [0.15, 0.2) is 42.3 Å². The lowest BCUT2D eigenvalue weighted by atomic mass is 10.1. The average Bonchev–Trinajstić information content (AvgIpc) is 2.85. The van der Waals surface area contributed by atoms with Gasteiger partial charge >= 0.3 is 0 Å². The number of allylic oxidation sites excluding steroid dienone is 1. The Labute approximate surface area is 152 Å². The van der Waals surface area contributed by atoms with Crippen molar-refractivity contribution in [3.63, 3.8) is 0 Å². The predicted molar refractivity (Wildman–Crippen MR) is 106 cm³/mol. The van der Waals surface area contributed by atoms with Crippen LogP contribution < -0.4 is 0 Å². The smallest absolute Gasteiger partial charge is 0.266 e. The van der Waals surface area contributed by atoms with E-state index in [0.717, 1.165) is 12.3 Å². The molecule has 0 aliphatic carbocycles. The molecule has 5 heteroatoms. The van der Waals surface area contributed by atoms with E-state index in [4.69, 9.17) is 21.4 Å². The summed E-state index contributed by atoms with van der Waals surface area (Å²) in [7, 11) is -1.93. The van der Waals surface area contributed by atoms with Crippen molar-refractivity contribution in [2.24, 2.45) is 0 Å². The zero-order valence-corrected chi connectivity index (χ0v) is 17.4. The second-order valence-electron chi connectivity index (χ2n) is 7.78. The van der Waals surface area contributed by atoms with E-state index in [2.05, 4.69) is 63.0 Å². The molecule has 1 saturated heterocycles. The summed E-state index contributed by atoms with van der Waals surface area (Å²) in [6.45, 7) is 13.8. The van der Waals surface area contributed by atoms with E-state index in [-0.39, 0.29) is 11.1 Å². The maximum absolute atomic E-state index is 6.53. The Morgan fingerprint density at radius 2 is 1.96 bits per heavy atom. The molecule has 0 aromatic heterocycles. The lowest BCUT2D eigenvalue weighted by Gasteiger charge is -2.39. The molecule has 1 aromatic carbocycles. The van der Waals surface area contributed by atoms with Gasteiger partial charge in [0.2, 0.25) is 0 Å². The van der Waals surface area contributed by atoms with E-state index < -0.39 is 8.32 Å². The van der Waals surface area contributed by atoms with Gasteiger partial charge in [0.15, 0.2) is 5.88 Å². The second-order valence-corrected chi connectivity index (χ2v) is 12.9. The average molecular weight is 364 g/mol. The predicted octanol–water partition coefficient (Wildman–Crippen LogP) is 5.10. The fourth-order valence-corrected chi connectivity index (χ4v) is 3.78. The summed E-state index contributed by atoms with van der Waals surface area (Å²) in [5.74, 6) is 0.838. The van der Waals surface area contributed by atoms with Crippen molar-refractivity contribution in [3.05, 3.63) is 47.9 Å². The molecule has 0 N–H and O–H groups in total. The number of nitrogens with zero attached hydrogens (tertiary/aromatic N) is 1. The summed E-state index contributed by atoms with van der Waals surface area (Å²) < 4.78 is 12.2. The molecule has 1 aromatic rings. The van der Waals surface area contributed by atoms with Crippen molar-refractivity contribution < 1.29 is 9.16 Å². The Morgan fingerprint density at radius 3 is 2.50 bits per heavy atom. The third kappa shape index (κ3) is 4.19. The minimum atomic E-state index is -1.93. The highest BCUT2D eigenvalue weighted by Gasteiger charge is 2.42. The minimum absolute atomic E-state index is 0.137. The molecule has 1 aliphatic heterocycles. The molecule has 1 heterocycles. The number of benzene rings is 1. The Balaban J connectivity index is 2.20. The van der Waals surface area contributed by atoms with Crippen LogP contribution in [-0.4, -0.2) is 31.0 Å². The van der Waals surface area contributed by atoms with Gasteiger partial charge < -0.3 is 9.16 Å². The molecule has 0 unspecified atom stereocenters. The number of rotatable bonds is 5. The van der Waals surface area contributed by atoms with Crippen LogP contribution >= 0.6 is 12.2 Å². The van der Waals surface area contributed by atoms with Gasteiger partial charge in [0, 0.05) is 0 Å². The summed E-state index contributed by atoms with van der Waals surface area (Å²) in [5, 5.41) is 0.654. The van der Waals surface area contributed by atoms with Crippen molar-refractivity contribution in [1.82, 2.24) is 4.90 Å². The molecule has 3 nitrogen and oxygen atoms in total. The third-order valence-corrected chi connectivity index (χ3v) is 9.57. The molecule has 2 rings (SSSR count). The van der Waals surface area contributed by atoms with E-state index in [1.165, 1.54) is 5.56 Å². The number of hydrogen-bond donors (Lipinski definition) is 0. The maximum atomic E-state index is 6.53. The van der Waals surface area contributed by atoms with Crippen molar-refractivity contribution in [3.8, 4) is 0 Å². The van der Waals surface area contributed by atoms with E-state index in [9.17, 15) is 0 Å². The maximum Gasteiger partial charge on any atom is 0.266 e. The van der Waals surface area contributed by atoms with Gasteiger partial charge in [0.05, 0.1) is 6.04 Å². The highest BCUT2D eigenvalue weighted by molar-refractivity contribution is 7.80. The Bertz CT molecular complexity index is 608. The third-order valence-electron chi connectivity index (χ3n) is 4.93. The molecular formula is C19H29NO2SSi. The fourth-order valence-electron chi connectivity index (χ4n) is 2.43. The van der Waals surface area contributed by atoms with E-state index in [1.54, 1.807) is 0 Å². The minimum Gasteiger partial charge on any atom is -0.532 e. The second kappa shape index (κ2) is 7.27. The molecule has 24 heavy (non-hydrogen) atoms. The summed E-state index contributed by atoms with van der Waals surface area (Å²) in [5.41, 5.74) is 1.28. The number of hydrogen-bond acceptors (Lipinski definition) is 3. The van der Waals surface area contributed by atoms with Crippen LogP contribution in [0.2, 0.25) is 18.1 Å². The molecule has 1 fully saturated rings. The first-order chi connectivity index (χ1) is 11.2. The zero-order valence-electron chi connectivity index (χ0n) is 15.6. The van der Waals surface area contributed by atoms with Crippen LogP contribution in [0.5, 0.6) is 0 Å². The van der Waals surface area contributed by atoms with Crippen LogP contribution in [0, 0.1) is 0 Å². The van der Waals surface area contributed by atoms with Crippen LogP contribution in [-0.2, 0) is 15.6 Å². The van der Waals surface area contributed by atoms with E-state index in [0.29, 0.717) is 11.8 Å². The summed E-state index contributed by atoms with van der Waals surface area (Å²) >= 11 is 5.46. The van der Waals surface area contributed by atoms with Crippen LogP contribution in [0.1, 0.15) is 33.3 Å². The summed E-state index contributed by atoms with van der Waals surface area (Å²) in [6.07, 6.45) is 2.90. The van der Waals surface area contributed by atoms with Crippen molar-refractivity contribution >= 4 is 25.7 Å². The summed E-state index contributed by atoms with van der Waals surface area (Å²) in [6, 6.07) is 10.6. The molecule has 0 amide bonds. The Morgan fingerprint density at radius 1 is 1.33 bits per heavy atom. The largest absolute Gasteiger partial charge is 0.532 e. The molecule has 0 radical (unpaired) electrons. The number of ether oxygens (including phenoxy) is 1. The van der Waals surface area contributed by atoms with Gasteiger partial charge in [0.1, 0.15) is 6.61 Å². The topological polar surface area (TPSA) is 21.7 Å². The zero-order chi connectivity index (χ0) is 18.0. The summed E-state index contributed by atoms with van der Waals surface area (Å²) in [4.78, 5) is 2.06. The van der Waals surface area contributed by atoms with Gasteiger partial charge in [-0.1, -0.05) is 51.1 Å². The normalized spacial score (nSPS) is 19.4. The quantitative estimate of drug-likeness (QED) is 0.412.